The molecule has 1 aliphatic heterocycles. The van der Waals surface area contributed by atoms with Crippen LogP contribution in [0.2, 0.25) is 5.02 Å². The molecule has 272 valence electrons. The molecule has 2 N–H and O–H groups in total. The normalized spacial score (nSPS) is 18.6. The zero-order chi connectivity index (χ0) is 36.4. The molecule has 1 aliphatic rings. The maximum Gasteiger partial charge on any atom is 0.416 e. The molecular weight excluding hydrogens is 718 g/mol. The maximum atomic E-state index is 13.4. The summed E-state index contributed by atoms with van der Waals surface area (Å²) < 4.78 is 65.9. The van der Waals surface area contributed by atoms with Crippen molar-refractivity contribution in [3.05, 3.63) is 77.3 Å². The number of esters is 1. The van der Waals surface area contributed by atoms with E-state index in [4.69, 9.17) is 30.1 Å². The van der Waals surface area contributed by atoms with Gasteiger partial charge in [0.1, 0.15) is 31.0 Å². The van der Waals surface area contributed by atoms with Gasteiger partial charge in [-0.05, 0) is 49.9 Å². The number of benzene rings is 2. The number of nitrogens with one attached hydrogen (secondary N) is 2. The molecule has 2 aromatic carbocycles. The molecule has 1 fully saturated rings. The molecular formula is C32H40ClF3N7O5PS. The van der Waals surface area contributed by atoms with E-state index in [0.717, 1.165) is 6.07 Å². The number of hydrazine groups is 1. The van der Waals surface area contributed by atoms with E-state index in [0.29, 0.717) is 34.2 Å². The predicted molar refractivity (Wildman–Crippen MR) is 188 cm³/mol. The molecule has 5 rings (SSSR count). The average Bonchev–Trinajstić information content (AvgIpc) is 3.70. The van der Waals surface area contributed by atoms with Crippen molar-refractivity contribution in [2.75, 3.05) is 24.9 Å². The third-order valence-corrected chi connectivity index (χ3v) is 9.40. The average molecular weight is 758 g/mol. The lowest BCUT2D eigenvalue weighted by Gasteiger charge is -2.23. The molecule has 3 heterocycles. The van der Waals surface area contributed by atoms with Crippen molar-refractivity contribution >= 4 is 55.0 Å². The smallest absolute Gasteiger partial charge is 0.416 e. The number of carbonyl (C=O) groups is 1. The Balaban J connectivity index is 0.00000276. The summed E-state index contributed by atoms with van der Waals surface area (Å²) in [7, 11) is -0.111. The first-order chi connectivity index (χ1) is 23.9. The fourth-order valence-electron chi connectivity index (χ4n) is 5.06. The van der Waals surface area contributed by atoms with Gasteiger partial charge in [0.05, 0.1) is 24.6 Å². The SMILES string of the molecule is CC.CSNN(C)c1ncnc2c1ncn2C1OC(COP(NC(C)C(=O)OCc2ccccc2C(F)(F)F)Oc2ccc(Cl)cc2)CC1C. The van der Waals surface area contributed by atoms with Crippen molar-refractivity contribution in [2.45, 2.75) is 65.3 Å². The minimum absolute atomic E-state index is 0.0707. The second kappa shape index (κ2) is 18.3. The van der Waals surface area contributed by atoms with Crippen molar-refractivity contribution in [1.82, 2.24) is 29.4 Å². The molecule has 5 unspecified atom stereocenters. The van der Waals surface area contributed by atoms with E-state index in [9.17, 15) is 18.0 Å². The lowest BCUT2D eigenvalue weighted by molar-refractivity contribution is -0.149. The van der Waals surface area contributed by atoms with E-state index >= 15 is 0 Å². The third kappa shape index (κ3) is 10.2. The summed E-state index contributed by atoms with van der Waals surface area (Å²) in [5, 5.41) is 5.24. The first-order valence-electron chi connectivity index (χ1n) is 15.7. The van der Waals surface area contributed by atoms with E-state index < -0.39 is 38.9 Å². The minimum atomic E-state index is -4.58. The summed E-state index contributed by atoms with van der Waals surface area (Å²) in [6.07, 6.45) is 0.406. The van der Waals surface area contributed by atoms with Gasteiger partial charge in [-0.1, -0.05) is 62.5 Å². The van der Waals surface area contributed by atoms with Gasteiger partial charge in [0.15, 0.2) is 17.0 Å². The second-order valence-corrected chi connectivity index (χ2v) is 13.2. The first kappa shape index (κ1) is 39.5. The van der Waals surface area contributed by atoms with Gasteiger partial charge in [-0.15, -0.1) is 0 Å². The molecule has 0 spiro atoms. The van der Waals surface area contributed by atoms with Gasteiger partial charge in [-0.2, -0.15) is 18.0 Å². The fraction of sp³-hybridized carbons (Fsp3) is 0.438. The molecule has 5 atom stereocenters. The molecule has 0 bridgehead atoms. The molecule has 0 saturated carbocycles. The highest BCUT2D eigenvalue weighted by molar-refractivity contribution is 7.96. The Morgan fingerprint density at radius 2 is 1.90 bits per heavy atom. The first-order valence-corrected chi connectivity index (χ1v) is 18.5. The molecule has 0 amide bonds. The monoisotopic (exact) mass is 757 g/mol. The molecule has 0 radical (unpaired) electrons. The number of anilines is 1. The van der Waals surface area contributed by atoms with Crippen molar-refractivity contribution < 1.29 is 36.5 Å². The van der Waals surface area contributed by atoms with Crippen LogP contribution in [0, 0.1) is 5.92 Å². The van der Waals surface area contributed by atoms with Crippen molar-refractivity contribution in [1.29, 1.82) is 0 Å². The van der Waals surface area contributed by atoms with Crippen molar-refractivity contribution in [3.63, 3.8) is 0 Å². The number of hydrogen-bond acceptors (Lipinski definition) is 12. The predicted octanol–water partition coefficient (Wildman–Crippen LogP) is 7.71. The quantitative estimate of drug-likeness (QED) is 0.0567. The number of alkyl halides is 3. The van der Waals surface area contributed by atoms with E-state index in [1.807, 2.05) is 31.7 Å². The number of halogens is 4. The number of carbonyl (C=O) groups excluding carboxylic acids is 1. The Morgan fingerprint density at radius 1 is 1.18 bits per heavy atom. The molecule has 1 saturated heterocycles. The molecule has 0 aliphatic carbocycles. The van der Waals surface area contributed by atoms with Crippen LogP contribution in [0.15, 0.2) is 61.2 Å². The van der Waals surface area contributed by atoms with Crippen LogP contribution in [-0.4, -0.2) is 57.5 Å². The van der Waals surface area contributed by atoms with Crippen LogP contribution in [-0.2, 0) is 31.6 Å². The van der Waals surface area contributed by atoms with Crippen LogP contribution in [0.5, 0.6) is 5.75 Å². The number of rotatable bonds is 14. The molecule has 18 heteroatoms. The Hall–Kier alpha value is -3.24. The number of aromatic nitrogens is 4. The largest absolute Gasteiger partial charge is 0.460 e. The van der Waals surface area contributed by atoms with E-state index in [1.54, 1.807) is 35.6 Å². The second-order valence-electron chi connectivity index (χ2n) is 10.9. The molecule has 12 nitrogen and oxygen atoms in total. The van der Waals surface area contributed by atoms with Gasteiger partial charge < -0.3 is 18.5 Å². The van der Waals surface area contributed by atoms with Gasteiger partial charge in [0, 0.05) is 23.6 Å². The topological polar surface area (TPSA) is 125 Å². The fourth-order valence-corrected chi connectivity index (χ4v) is 6.76. The van der Waals surface area contributed by atoms with Crippen LogP contribution in [0.3, 0.4) is 0 Å². The van der Waals surface area contributed by atoms with Gasteiger partial charge in [0.25, 0.3) is 0 Å². The minimum Gasteiger partial charge on any atom is -0.460 e. The Kier molecular flexibility index (Phi) is 14.5. The molecule has 4 aromatic rings. The lowest BCUT2D eigenvalue weighted by Crippen LogP contribution is -2.34. The van der Waals surface area contributed by atoms with Gasteiger partial charge >= 0.3 is 20.7 Å². The Bertz CT molecular complexity index is 1690. The molecule has 2 aromatic heterocycles. The van der Waals surface area contributed by atoms with E-state index in [-0.39, 0.29) is 30.4 Å². The maximum absolute atomic E-state index is 13.4. The zero-order valence-corrected chi connectivity index (χ0v) is 30.8. The van der Waals surface area contributed by atoms with Crippen LogP contribution < -0.4 is 19.5 Å². The van der Waals surface area contributed by atoms with Crippen molar-refractivity contribution in [2.24, 2.45) is 5.92 Å². The highest BCUT2D eigenvalue weighted by atomic mass is 35.5. The van der Waals surface area contributed by atoms with Crippen LogP contribution in [0.25, 0.3) is 11.2 Å². The summed E-state index contributed by atoms with van der Waals surface area (Å²) in [5.74, 6) is 0.339. The summed E-state index contributed by atoms with van der Waals surface area (Å²) >= 11 is 7.45. The summed E-state index contributed by atoms with van der Waals surface area (Å²) in [5.41, 5.74) is 0.216. The third-order valence-electron chi connectivity index (χ3n) is 7.34. The standard InChI is InChI=1S/C30H34ClF3N7O5PS.C2H6/c1-18-13-23(45-28(18)41-17-37-25-26(40(3)39-48-4)35-16-36-27(25)41)15-44-47(46-22-11-9-21(31)10-12-22)38-19(2)29(42)43-14-20-7-5-6-8-24(20)30(32,33)34;1-2/h5-12,16-19,23,28,38-39H,13-15H2,1-4H3;1-2H3. The highest BCUT2D eigenvalue weighted by Gasteiger charge is 2.37. The number of hydrogen-bond donors (Lipinski definition) is 2. The van der Waals surface area contributed by atoms with Crippen LogP contribution in [0.1, 0.15) is 51.5 Å². The summed E-state index contributed by atoms with van der Waals surface area (Å²) in [6.45, 7) is 7.13. The highest BCUT2D eigenvalue weighted by Crippen LogP contribution is 2.41. The Labute approximate surface area is 299 Å². The summed E-state index contributed by atoms with van der Waals surface area (Å²) in [6, 6.07) is 10.5. The zero-order valence-electron chi connectivity index (χ0n) is 28.3. The van der Waals surface area contributed by atoms with Crippen molar-refractivity contribution in [3.8, 4) is 5.75 Å². The Morgan fingerprint density at radius 3 is 2.60 bits per heavy atom. The number of nitrogens with zero attached hydrogens (tertiary/aromatic N) is 5. The number of fused-ring (bicyclic) bond motifs is 1. The van der Waals surface area contributed by atoms with Gasteiger partial charge in [0.2, 0.25) is 0 Å². The molecule has 50 heavy (non-hydrogen) atoms. The van der Waals surface area contributed by atoms with Crippen LogP contribution >= 0.6 is 32.1 Å². The van der Waals surface area contributed by atoms with Crippen LogP contribution in [0.4, 0.5) is 19.0 Å². The van der Waals surface area contributed by atoms with Gasteiger partial charge in [-0.3, -0.25) is 14.4 Å². The number of imidazole rings is 1. The summed E-state index contributed by atoms with van der Waals surface area (Å²) in [4.78, 5) is 29.3. The van der Waals surface area contributed by atoms with E-state index in [1.165, 1.54) is 43.4 Å². The lowest BCUT2D eigenvalue weighted by atomic mass is 10.1. The number of ether oxygens (including phenoxy) is 2. The van der Waals surface area contributed by atoms with Gasteiger partial charge in [-0.25, -0.2) is 20.0 Å². The van der Waals surface area contributed by atoms with E-state index in [2.05, 4.69) is 31.8 Å².